The maximum Gasteiger partial charge on any atom is 0.244 e. The van der Waals surface area contributed by atoms with Gasteiger partial charge in [0.25, 0.3) is 0 Å². The van der Waals surface area contributed by atoms with Crippen LogP contribution < -0.4 is 24.3 Å². The molecular weight excluding hydrogens is 470 g/mol. The van der Waals surface area contributed by atoms with Crippen molar-refractivity contribution in [1.82, 2.24) is 14.9 Å². The Morgan fingerprint density at radius 2 is 1.74 bits per heavy atom. The van der Waals surface area contributed by atoms with Crippen LogP contribution in [0.3, 0.4) is 0 Å². The van der Waals surface area contributed by atoms with Crippen molar-refractivity contribution in [2.45, 2.75) is 26.0 Å². The van der Waals surface area contributed by atoms with Gasteiger partial charge in [-0.05, 0) is 55.3 Å². The van der Waals surface area contributed by atoms with Crippen LogP contribution in [0.1, 0.15) is 36.8 Å². The fourth-order valence-corrected chi connectivity index (χ4v) is 3.76. The molecule has 0 aliphatic heterocycles. The van der Waals surface area contributed by atoms with Crippen molar-refractivity contribution in [2.75, 3.05) is 21.3 Å². The highest BCUT2D eigenvalue weighted by molar-refractivity contribution is 6.32. The third-order valence-electron chi connectivity index (χ3n) is 5.14. The van der Waals surface area contributed by atoms with E-state index in [2.05, 4.69) is 10.3 Å². The largest absolute Gasteiger partial charge is 0.497 e. The van der Waals surface area contributed by atoms with Crippen LogP contribution in [0.4, 0.5) is 0 Å². The van der Waals surface area contributed by atoms with Gasteiger partial charge in [-0.3, -0.25) is 4.79 Å². The van der Waals surface area contributed by atoms with E-state index in [0.717, 1.165) is 5.56 Å². The van der Waals surface area contributed by atoms with Gasteiger partial charge in [0.1, 0.15) is 23.4 Å². The minimum Gasteiger partial charge on any atom is -0.497 e. The first-order valence-corrected chi connectivity index (χ1v) is 11.4. The summed E-state index contributed by atoms with van der Waals surface area (Å²) < 4.78 is 23.8. The number of benzene rings is 2. The molecule has 8 nitrogen and oxygen atoms in total. The molecule has 35 heavy (non-hydrogen) atoms. The maximum atomic E-state index is 13.0. The fourth-order valence-electron chi connectivity index (χ4n) is 3.50. The Morgan fingerprint density at radius 1 is 1.06 bits per heavy atom. The average Bonchev–Trinajstić information content (AvgIpc) is 3.27. The van der Waals surface area contributed by atoms with Gasteiger partial charge in [0.05, 0.1) is 32.5 Å². The van der Waals surface area contributed by atoms with Crippen LogP contribution in [0.15, 0.2) is 48.8 Å². The van der Waals surface area contributed by atoms with Gasteiger partial charge in [0.2, 0.25) is 5.91 Å². The van der Waals surface area contributed by atoms with Crippen LogP contribution in [-0.2, 0) is 11.8 Å². The topological polar surface area (TPSA) is 83.8 Å². The Kier molecular flexibility index (Phi) is 8.65. The molecule has 3 rings (SSSR count). The van der Waals surface area contributed by atoms with Crippen LogP contribution in [0.2, 0.25) is 5.02 Å². The molecule has 1 atom stereocenters. The summed E-state index contributed by atoms with van der Waals surface area (Å²) in [5, 5.41) is 3.42. The zero-order chi connectivity index (χ0) is 25.5. The van der Waals surface area contributed by atoms with Crippen LogP contribution in [-0.4, -0.2) is 42.9 Å². The first kappa shape index (κ1) is 26.0. The van der Waals surface area contributed by atoms with Crippen LogP contribution in [0, 0.1) is 0 Å². The summed E-state index contributed by atoms with van der Waals surface area (Å²) in [6, 6.07) is 8.38. The molecule has 1 aromatic heterocycles. The molecule has 0 fully saturated rings. The second-order valence-electron chi connectivity index (χ2n) is 8.02. The molecule has 186 valence electrons. The number of carbonyl (C=O) groups excluding carboxylic acids is 1. The summed E-state index contributed by atoms with van der Waals surface area (Å²) in [6.45, 7) is 3.81. The van der Waals surface area contributed by atoms with Gasteiger partial charge in [-0.15, -0.1) is 0 Å². The normalized spacial score (nSPS) is 12.0. The molecule has 0 aliphatic rings. The minimum atomic E-state index is -0.545. The van der Waals surface area contributed by atoms with E-state index in [-0.39, 0.29) is 12.0 Å². The first-order chi connectivity index (χ1) is 16.7. The Balaban J connectivity index is 1.89. The summed E-state index contributed by atoms with van der Waals surface area (Å²) in [6.07, 6.45) is 6.52. The molecule has 0 radical (unpaired) electrons. The number of ether oxygens (including phenoxy) is 4. The third-order valence-corrected chi connectivity index (χ3v) is 5.42. The molecule has 0 spiro atoms. The second-order valence-corrected chi connectivity index (χ2v) is 8.43. The molecule has 2 aromatic carbocycles. The van der Waals surface area contributed by atoms with E-state index >= 15 is 0 Å². The number of nitrogens with one attached hydrogen (secondary N) is 1. The van der Waals surface area contributed by atoms with E-state index < -0.39 is 6.04 Å². The van der Waals surface area contributed by atoms with E-state index in [9.17, 15) is 4.79 Å². The number of nitrogens with zero attached hydrogens (tertiary/aromatic N) is 2. The highest BCUT2D eigenvalue weighted by atomic mass is 35.5. The van der Waals surface area contributed by atoms with Crippen molar-refractivity contribution in [2.24, 2.45) is 7.05 Å². The number of aryl methyl sites for hydroxylation is 1. The number of methoxy groups -OCH3 is 3. The van der Waals surface area contributed by atoms with E-state index in [1.165, 1.54) is 6.08 Å². The summed E-state index contributed by atoms with van der Waals surface area (Å²) in [5.41, 5.74) is 1.45. The first-order valence-electron chi connectivity index (χ1n) is 11.0. The van der Waals surface area contributed by atoms with Crippen LogP contribution >= 0.6 is 11.6 Å². The van der Waals surface area contributed by atoms with E-state index in [0.29, 0.717) is 39.4 Å². The average molecular weight is 500 g/mol. The molecule has 0 saturated carbocycles. The molecule has 0 saturated heterocycles. The summed E-state index contributed by atoms with van der Waals surface area (Å²) >= 11 is 6.40. The lowest BCUT2D eigenvalue weighted by Crippen LogP contribution is -2.29. The number of hydrogen-bond acceptors (Lipinski definition) is 6. The number of amides is 1. The molecule has 9 heteroatoms. The Labute approximate surface area is 210 Å². The Hall–Kier alpha value is -3.65. The van der Waals surface area contributed by atoms with Gasteiger partial charge in [-0.1, -0.05) is 11.6 Å². The molecule has 1 heterocycles. The Morgan fingerprint density at radius 3 is 2.29 bits per heavy atom. The van der Waals surface area contributed by atoms with E-state index in [1.807, 2.05) is 43.8 Å². The lowest BCUT2D eigenvalue weighted by molar-refractivity contribution is -0.117. The molecule has 1 N–H and O–H groups in total. The third kappa shape index (κ3) is 6.48. The van der Waals surface area contributed by atoms with Crippen molar-refractivity contribution in [1.29, 1.82) is 0 Å². The van der Waals surface area contributed by atoms with Gasteiger partial charge in [0, 0.05) is 31.6 Å². The number of aromatic nitrogens is 2. The molecule has 0 bridgehead atoms. The molecule has 0 aliphatic carbocycles. The van der Waals surface area contributed by atoms with E-state index in [4.69, 9.17) is 30.5 Å². The van der Waals surface area contributed by atoms with Gasteiger partial charge in [0.15, 0.2) is 11.5 Å². The smallest absolute Gasteiger partial charge is 0.244 e. The number of hydrogen-bond donors (Lipinski definition) is 1. The number of imidazole rings is 1. The van der Waals surface area contributed by atoms with Crippen molar-refractivity contribution in [3.05, 3.63) is 70.8 Å². The van der Waals surface area contributed by atoms with Crippen molar-refractivity contribution in [3.63, 3.8) is 0 Å². The highest BCUT2D eigenvalue weighted by Gasteiger charge is 2.22. The summed E-state index contributed by atoms with van der Waals surface area (Å²) in [7, 11) is 6.56. The monoisotopic (exact) mass is 499 g/mol. The van der Waals surface area contributed by atoms with Crippen LogP contribution in [0.5, 0.6) is 23.0 Å². The number of halogens is 1. The molecule has 1 unspecified atom stereocenters. The second kappa shape index (κ2) is 11.7. The van der Waals surface area contributed by atoms with Crippen molar-refractivity contribution >= 4 is 23.6 Å². The lowest BCUT2D eigenvalue weighted by Gasteiger charge is -2.20. The predicted molar refractivity (Wildman–Crippen MR) is 136 cm³/mol. The van der Waals surface area contributed by atoms with Gasteiger partial charge in [-0.2, -0.15) is 0 Å². The summed E-state index contributed by atoms with van der Waals surface area (Å²) in [4.78, 5) is 17.4. The number of carbonyl (C=O) groups is 1. The minimum absolute atomic E-state index is 0.0631. The standard InChI is InChI=1S/C26H30ClN3O5/c1-16(2)35-25-21(27)11-17(12-22(25)34-6)7-8-23(31)29-24(26-28-9-10-30(26)3)18-13-19(32-4)15-20(14-18)33-5/h7-16,24H,1-6H3,(H,29,31)/b8-7+. The molecular formula is C26H30ClN3O5. The predicted octanol–water partition coefficient (Wildman–Crippen LogP) is 4.81. The van der Waals surface area contributed by atoms with Crippen molar-refractivity contribution in [3.8, 4) is 23.0 Å². The SMILES string of the molecule is COc1cc(OC)cc(C(NC(=O)/C=C/c2cc(Cl)c(OC(C)C)c(OC)c2)c2nccn2C)c1. The highest BCUT2D eigenvalue weighted by Crippen LogP contribution is 2.37. The maximum absolute atomic E-state index is 13.0. The molecule has 1 amide bonds. The lowest BCUT2D eigenvalue weighted by atomic mass is 10.0. The fraction of sp³-hybridized carbons (Fsp3) is 0.308. The quantitative estimate of drug-likeness (QED) is 0.403. The zero-order valence-corrected chi connectivity index (χ0v) is 21.4. The summed E-state index contributed by atoms with van der Waals surface area (Å²) in [5.74, 6) is 2.50. The van der Waals surface area contributed by atoms with Crippen LogP contribution in [0.25, 0.3) is 6.08 Å². The zero-order valence-electron chi connectivity index (χ0n) is 20.7. The number of rotatable bonds is 10. The van der Waals surface area contributed by atoms with Gasteiger partial charge in [-0.25, -0.2) is 4.98 Å². The Bertz CT molecular complexity index is 1180. The van der Waals surface area contributed by atoms with Gasteiger partial charge >= 0.3 is 0 Å². The molecule has 3 aromatic rings. The van der Waals surface area contributed by atoms with Crippen molar-refractivity contribution < 1.29 is 23.7 Å². The van der Waals surface area contributed by atoms with E-state index in [1.54, 1.807) is 51.8 Å². The van der Waals surface area contributed by atoms with Gasteiger partial charge < -0.3 is 28.8 Å².